The first-order chi connectivity index (χ1) is 15.0. The molecule has 1 unspecified atom stereocenters. The minimum Gasteiger partial charge on any atom is -0.326 e. The van der Waals surface area contributed by atoms with Gasteiger partial charge in [0.05, 0.1) is 5.57 Å². The summed E-state index contributed by atoms with van der Waals surface area (Å²) < 4.78 is 1.67. The Morgan fingerprint density at radius 3 is 2.65 bits per heavy atom. The Morgan fingerprint density at radius 2 is 1.77 bits per heavy atom. The molecule has 31 heavy (non-hydrogen) atoms. The largest absolute Gasteiger partial charge is 0.326 e. The maximum absolute atomic E-state index is 13.6. The van der Waals surface area contributed by atoms with E-state index in [0.29, 0.717) is 11.5 Å². The van der Waals surface area contributed by atoms with Crippen LogP contribution < -0.4 is 10.6 Å². The van der Waals surface area contributed by atoms with Gasteiger partial charge in [0.1, 0.15) is 6.04 Å². The number of amides is 1. The number of hydrogen-bond donors (Lipinski definition) is 2. The van der Waals surface area contributed by atoms with Crippen LogP contribution in [0.25, 0.3) is 10.8 Å². The SMILES string of the molecule is CC1=C(C(=O)Nc2cccc(C)c2C)C(c2cccc3ccccc23)n2nnnc2N1. The van der Waals surface area contributed by atoms with E-state index in [1.807, 2.05) is 63.2 Å². The first-order valence-electron chi connectivity index (χ1n) is 10.2. The maximum Gasteiger partial charge on any atom is 0.255 e. The Morgan fingerprint density at radius 1 is 1.00 bits per heavy atom. The van der Waals surface area contributed by atoms with Gasteiger partial charge in [-0.3, -0.25) is 4.79 Å². The van der Waals surface area contributed by atoms with Crippen LogP contribution in [0.2, 0.25) is 0 Å². The summed E-state index contributed by atoms with van der Waals surface area (Å²) in [6.07, 6.45) is 0. The van der Waals surface area contributed by atoms with Gasteiger partial charge in [0, 0.05) is 11.4 Å². The molecule has 1 aliphatic heterocycles. The fourth-order valence-electron chi connectivity index (χ4n) is 4.16. The lowest BCUT2D eigenvalue weighted by Gasteiger charge is -2.29. The summed E-state index contributed by atoms with van der Waals surface area (Å²) in [5.41, 5.74) is 5.24. The monoisotopic (exact) mass is 410 g/mol. The number of allylic oxidation sites excluding steroid dienone is 1. The Kier molecular flexibility index (Phi) is 4.51. The zero-order valence-corrected chi connectivity index (χ0v) is 17.5. The van der Waals surface area contributed by atoms with Crippen LogP contribution in [-0.2, 0) is 4.79 Å². The molecule has 7 nitrogen and oxygen atoms in total. The summed E-state index contributed by atoms with van der Waals surface area (Å²) >= 11 is 0. The molecule has 154 valence electrons. The molecule has 1 amide bonds. The van der Waals surface area contributed by atoms with Crippen LogP contribution in [0.15, 0.2) is 71.9 Å². The first-order valence-corrected chi connectivity index (χ1v) is 10.2. The summed E-state index contributed by atoms with van der Waals surface area (Å²) in [6, 6.07) is 19.7. The van der Waals surface area contributed by atoms with E-state index in [4.69, 9.17) is 0 Å². The highest BCUT2D eigenvalue weighted by molar-refractivity contribution is 6.07. The summed E-state index contributed by atoms with van der Waals surface area (Å²) in [5, 5.41) is 20.6. The molecule has 0 spiro atoms. The van der Waals surface area contributed by atoms with Crippen molar-refractivity contribution in [2.45, 2.75) is 26.8 Å². The molecule has 1 atom stereocenters. The Bertz CT molecular complexity index is 1350. The molecule has 4 aromatic rings. The van der Waals surface area contributed by atoms with Crippen molar-refractivity contribution < 1.29 is 4.79 Å². The number of nitrogens with one attached hydrogen (secondary N) is 2. The van der Waals surface area contributed by atoms with E-state index in [9.17, 15) is 4.79 Å². The highest BCUT2D eigenvalue weighted by atomic mass is 16.1. The van der Waals surface area contributed by atoms with Crippen LogP contribution in [0.5, 0.6) is 0 Å². The number of aryl methyl sites for hydroxylation is 1. The summed E-state index contributed by atoms with van der Waals surface area (Å²) in [6.45, 7) is 5.92. The smallest absolute Gasteiger partial charge is 0.255 e. The molecule has 0 fully saturated rings. The zero-order chi connectivity index (χ0) is 21.5. The van der Waals surface area contributed by atoms with Gasteiger partial charge >= 0.3 is 0 Å². The van der Waals surface area contributed by atoms with E-state index in [-0.39, 0.29) is 5.91 Å². The number of carbonyl (C=O) groups is 1. The second-order valence-corrected chi connectivity index (χ2v) is 7.78. The number of tetrazole rings is 1. The van der Waals surface area contributed by atoms with E-state index in [1.165, 1.54) is 0 Å². The lowest BCUT2D eigenvalue weighted by Crippen LogP contribution is -2.31. The van der Waals surface area contributed by atoms with Gasteiger partial charge in [0.25, 0.3) is 5.91 Å². The quantitative estimate of drug-likeness (QED) is 0.524. The topological polar surface area (TPSA) is 84.7 Å². The predicted molar refractivity (Wildman–Crippen MR) is 121 cm³/mol. The lowest BCUT2D eigenvalue weighted by molar-refractivity contribution is -0.113. The number of nitrogens with zero attached hydrogens (tertiary/aromatic N) is 4. The normalized spacial score (nSPS) is 15.5. The van der Waals surface area contributed by atoms with Gasteiger partial charge in [0.15, 0.2) is 0 Å². The van der Waals surface area contributed by atoms with Crippen molar-refractivity contribution in [1.29, 1.82) is 0 Å². The highest BCUT2D eigenvalue weighted by Crippen LogP contribution is 2.38. The van der Waals surface area contributed by atoms with E-state index in [0.717, 1.165) is 38.8 Å². The van der Waals surface area contributed by atoms with Crippen molar-refractivity contribution in [3.05, 3.63) is 88.6 Å². The lowest BCUT2D eigenvalue weighted by atomic mass is 9.91. The summed E-state index contributed by atoms with van der Waals surface area (Å²) in [4.78, 5) is 13.6. The van der Waals surface area contributed by atoms with Crippen molar-refractivity contribution in [3.63, 3.8) is 0 Å². The average molecular weight is 410 g/mol. The van der Waals surface area contributed by atoms with Gasteiger partial charge in [0.2, 0.25) is 5.95 Å². The highest BCUT2D eigenvalue weighted by Gasteiger charge is 2.35. The van der Waals surface area contributed by atoms with E-state index in [1.54, 1.807) is 4.68 Å². The first kappa shape index (κ1) is 19.0. The van der Waals surface area contributed by atoms with Crippen molar-refractivity contribution in [2.75, 3.05) is 10.6 Å². The van der Waals surface area contributed by atoms with Gasteiger partial charge in [-0.25, -0.2) is 0 Å². The fraction of sp³-hybridized carbons (Fsp3) is 0.167. The third-order valence-electron chi connectivity index (χ3n) is 5.93. The third kappa shape index (κ3) is 3.15. The van der Waals surface area contributed by atoms with Crippen LogP contribution in [0, 0.1) is 13.8 Å². The second-order valence-electron chi connectivity index (χ2n) is 7.78. The molecule has 1 aliphatic rings. The zero-order valence-electron chi connectivity index (χ0n) is 17.5. The number of fused-ring (bicyclic) bond motifs is 2. The van der Waals surface area contributed by atoms with E-state index in [2.05, 4.69) is 44.4 Å². The minimum atomic E-state index is -0.456. The minimum absolute atomic E-state index is 0.183. The van der Waals surface area contributed by atoms with Crippen LogP contribution in [0.4, 0.5) is 11.6 Å². The molecule has 0 bridgehead atoms. The molecular formula is C24H22N6O. The Balaban J connectivity index is 1.66. The third-order valence-corrected chi connectivity index (χ3v) is 5.93. The molecule has 0 saturated carbocycles. The van der Waals surface area contributed by atoms with Crippen molar-refractivity contribution in [3.8, 4) is 0 Å². The summed E-state index contributed by atoms with van der Waals surface area (Å²) in [5.74, 6) is 0.330. The molecule has 7 heteroatoms. The van der Waals surface area contributed by atoms with Crippen molar-refractivity contribution in [1.82, 2.24) is 20.2 Å². The molecule has 5 rings (SSSR count). The van der Waals surface area contributed by atoms with Gasteiger partial charge in [-0.2, -0.15) is 4.68 Å². The van der Waals surface area contributed by atoms with Crippen LogP contribution in [0.1, 0.15) is 29.7 Å². The number of carbonyl (C=O) groups excluding carboxylic acids is 1. The van der Waals surface area contributed by atoms with Crippen molar-refractivity contribution >= 4 is 28.3 Å². The number of aromatic nitrogens is 4. The fourth-order valence-corrected chi connectivity index (χ4v) is 4.16. The molecule has 1 aromatic heterocycles. The number of benzene rings is 3. The predicted octanol–water partition coefficient (Wildman–Crippen LogP) is 4.37. The van der Waals surface area contributed by atoms with Crippen molar-refractivity contribution in [2.24, 2.45) is 0 Å². The van der Waals surface area contributed by atoms with Gasteiger partial charge in [-0.05, 0) is 64.7 Å². The molecule has 0 aliphatic carbocycles. The number of hydrogen-bond acceptors (Lipinski definition) is 5. The molecule has 0 radical (unpaired) electrons. The van der Waals surface area contributed by atoms with E-state index >= 15 is 0 Å². The van der Waals surface area contributed by atoms with Crippen LogP contribution >= 0.6 is 0 Å². The van der Waals surface area contributed by atoms with Crippen LogP contribution in [0.3, 0.4) is 0 Å². The number of anilines is 2. The summed E-state index contributed by atoms with van der Waals surface area (Å²) in [7, 11) is 0. The second kappa shape index (κ2) is 7.36. The molecule has 3 aromatic carbocycles. The Hall–Kier alpha value is -4.00. The maximum atomic E-state index is 13.6. The average Bonchev–Trinajstić information content (AvgIpc) is 3.23. The molecule has 0 saturated heterocycles. The number of rotatable bonds is 3. The Labute approximate surface area is 179 Å². The standard InChI is InChI=1S/C24H22N6O/c1-14-8-6-13-20(15(14)2)26-23(31)21-16(3)25-24-27-28-29-30(24)22(21)19-12-7-10-17-9-4-5-11-18(17)19/h4-13,22H,1-3H3,(H,26,31)(H,25,27,29). The molecular weight excluding hydrogens is 388 g/mol. The van der Waals surface area contributed by atoms with E-state index < -0.39 is 6.04 Å². The molecule has 2 N–H and O–H groups in total. The van der Waals surface area contributed by atoms with Gasteiger partial charge < -0.3 is 10.6 Å². The van der Waals surface area contributed by atoms with Gasteiger partial charge in [-0.15, -0.1) is 0 Å². The molecule has 2 heterocycles. The van der Waals surface area contributed by atoms with Gasteiger partial charge in [-0.1, -0.05) is 59.7 Å². The van der Waals surface area contributed by atoms with Crippen LogP contribution in [-0.4, -0.2) is 26.1 Å².